The van der Waals surface area contributed by atoms with E-state index in [1.165, 1.54) is 38.0 Å². The summed E-state index contributed by atoms with van der Waals surface area (Å²) in [7, 11) is 0. The van der Waals surface area contributed by atoms with Crippen LogP contribution in [0.4, 0.5) is 5.69 Å². The lowest BCUT2D eigenvalue weighted by atomic mass is 10.3. The fraction of sp³-hybridized carbons (Fsp3) is 0.190. The quantitative estimate of drug-likeness (QED) is 0.232. The number of aryl methyl sites for hydroxylation is 1. The molecule has 0 saturated heterocycles. The second-order valence-corrected chi connectivity index (χ2v) is 10.7. The molecule has 0 atom stereocenters. The first-order chi connectivity index (χ1) is 13.1. The van der Waals surface area contributed by atoms with Gasteiger partial charge in [-0.15, -0.1) is 0 Å². The van der Waals surface area contributed by atoms with Gasteiger partial charge in [0.15, 0.2) is 0 Å². The molecule has 0 amide bonds. The van der Waals surface area contributed by atoms with Crippen molar-refractivity contribution < 1.29 is 4.57 Å². The summed E-state index contributed by atoms with van der Waals surface area (Å²) in [5, 5.41) is 2.59. The number of benzene rings is 2. The summed E-state index contributed by atoms with van der Waals surface area (Å²) >= 11 is 8.49. The number of hydrogen-bond donors (Lipinski definition) is 0. The first-order valence-corrected chi connectivity index (χ1v) is 12.6. The molecule has 0 unspecified atom stereocenters. The Kier molecular flexibility index (Phi) is 6.15. The zero-order valence-corrected chi connectivity index (χ0v) is 21.0. The summed E-state index contributed by atoms with van der Waals surface area (Å²) < 4.78 is 6.32. The number of thiazole rings is 1. The van der Waals surface area contributed by atoms with Gasteiger partial charge >= 0.3 is 0 Å². The highest BCUT2D eigenvalue weighted by Gasteiger charge is 2.23. The van der Waals surface area contributed by atoms with Crippen LogP contribution in [0.25, 0.3) is 16.3 Å². The number of allylic oxidation sites excluding steroid dienone is 2. The van der Waals surface area contributed by atoms with Crippen molar-refractivity contribution in [3.63, 3.8) is 0 Å². The Morgan fingerprint density at radius 1 is 1.07 bits per heavy atom. The molecule has 3 aromatic rings. The fourth-order valence-electron chi connectivity index (χ4n) is 3.27. The van der Waals surface area contributed by atoms with E-state index in [1.54, 1.807) is 0 Å². The van der Waals surface area contributed by atoms with Gasteiger partial charge in [0.2, 0.25) is 5.52 Å². The Balaban J connectivity index is 1.65. The average Bonchev–Trinajstić information content (AvgIpc) is 3.17. The number of fused-ring (bicyclic) bond motifs is 2. The molecule has 0 fully saturated rings. The molecule has 4 rings (SSSR count). The van der Waals surface area contributed by atoms with Crippen molar-refractivity contribution in [2.24, 2.45) is 0 Å². The SMILES string of the molecule is CCN1C(=C/C=C/c2sc3cc(I)ccc3[n+]2CC)Sc2cc(I)ccc21. The van der Waals surface area contributed by atoms with Gasteiger partial charge in [-0.25, -0.2) is 0 Å². The molecule has 1 aliphatic rings. The Bertz CT molecular complexity index is 1070. The molecular formula is C21H19I2N2S2+. The second-order valence-electron chi connectivity index (χ2n) is 6.12. The second kappa shape index (κ2) is 8.42. The predicted molar refractivity (Wildman–Crippen MR) is 136 cm³/mol. The van der Waals surface area contributed by atoms with Crippen LogP contribution in [0.3, 0.4) is 0 Å². The first-order valence-electron chi connectivity index (χ1n) is 8.86. The molecule has 138 valence electrons. The van der Waals surface area contributed by atoms with Gasteiger partial charge in [-0.3, -0.25) is 0 Å². The zero-order valence-electron chi connectivity index (χ0n) is 15.1. The lowest BCUT2D eigenvalue weighted by Gasteiger charge is -2.17. The number of anilines is 1. The molecule has 1 aromatic heterocycles. The van der Waals surface area contributed by atoms with E-state index in [0.29, 0.717) is 0 Å². The summed E-state index contributed by atoms with van der Waals surface area (Å²) in [5.74, 6) is 0. The van der Waals surface area contributed by atoms with Crippen LogP contribution in [0.15, 0.2) is 58.5 Å². The van der Waals surface area contributed by atoms with Crippen molar-refractivity contribution in [2.75, 3.05) is 11.4 Å². The number of rotatable bonds is 4. The van der Waals surface area contributed by atoms with E-state index < -0.39 is 0 Å². The Morgan fingerprint density at radius 2 is 1.85 bits per heavy atom. The van der Waals surface area contributed by atoms with Gasteiger partial charge in [0.05, 0.1) is 10.7 Å². The highest BCUT2D eigenvalue weighted by molar-refractivity contribution is 14.1. The standard InChI is InChI=1S/C21H19I2N2S2/c1-3-24-16-10-8-14(22)12-18(16)26-20(24)6-5-7-21-25(4-2)17-11-9-15(23)13-19(17)27-21/h5-13H,3-4H2,1-2H3/q+1. The average molecular weight is 617 g/mol. The first kappa shape index (κ1) is 19.7. The summed E-state index contributed by atoms with van der Waals surface area (Å²) in [6, 6.07) is 13.4. The predicted octanol–water partition coefficient (Wildman–Crippen LogP) is 6.90. The van der Waals surface area contributed by atoms with Crippen molar-refractivity contribution in [3.05, 3.63) is 65.7 Å². The number of nitrogens with zero attached hydrogens (tertiary/aromatic N) is 2. The number of thioether (sulfide) groups is 1. The van der Waals surface area contributed by atoms with Gasteiger partial charge in [0.25, 0.3) is 5.01 Å². The maximum absolute atomic E-state index is 2.39. The molecule has 2 aromatic carbocycles. The van der Waals surface area contributed by atoms with E-state index in [2.05, 4.69) is 123 Å². The molecule has 2 heterocycles. The monoisotopic (exact) mass is 617 g/mol. The number of aromatic nitrogens is 1. The van der Waals surface area contributed by atoms with Crippen molar-refractivity contribution in [1.29, 1.82) is 0 Å². The van der Waals surface area contributed by atoms with Gasteiger partial charge < -0.3 is 4.90 Å². The molecule has 0 N–H and O–H groups in total. The van der Waals surface area contributed by atoms with E-state index in [9.17, 15) is 0 Å². The van der Waals surface area contributed by atoms with Gasteiger partial charge in [-0.05, 0) is 95.4 Å². The number of hydrogen-bond acceptors (Lipinski definition) is 3. The minimum absolute atomic E-state index is 0.983. The van der Waals surface area contributed by atoms with Crippen molar-refractivity contribution in [1.82, 2.24) is 0 Å². The third-order valence-corrected chi connectivity index (χ3v) is 8.06. The molecule has 27 heavy (non-hydrogen) atoms. The van der Waals surface area contributed by atoms with Crippen molar-refractivity contribution >= 4 is 90.3 Å². The van der Waals surface area contributed by atoms with Crippen molar-refractivity contribution in [3.8, 4) is 0 Å². The summed E-state index contributed by atoms with van der Waals surface area (Å²) in [6.07, 6.45) is 6.69. The van der Waals surface area contributed by atoms with Crippen LogP contribution in [-0.4, -0.2) is 6.54 Å². The highest BCUT2D eigenvalue weighted by Crippen LogP contribution is 2.46. The molecule has 0 aliphatic carbocycles. The van der Waals surface area contributed by atoms with E-state index in [1.807, 2.05) is 23.1 Å². The largest absolute Gasteiger partial charge is 0.335 e. The summed E-state index contributed by atoms with van der Waals surface area (Å²) in [5.41, 5.74) is 2.64. The topological polar surface area (TPSA) is 7.12 Å². The van der Waals surface area contributed by atoms with Crippen molar-refractivity contribution in [2.45, 2.75) is 25.3 Å². The third kappa shape index (κ3) is 3.95. The van der Waals surface area contributed by atoms with Crippen LogP contribution in [0, 0.1) is 7.14 Å². The highest BCUT2D eigenvalue weighted by atomic mass is 127. The molecule has 6 heteroatoms. The third-order valence-electron chi connectivity index (χ3n) is 4.50. The molecule has 2 nitrogen and oxygen atoms in total. The van der Waals surface area contributed by atoms with Gasteiger partial charge in [0.1, 0.15) is 11.2 Å². The summed E-state index contributed by atoms with van der Waals surface area (Å²) in [4.78, 5) is 3.74. The van der Waals surface area contributed by atoms with Crippen LogP contribution in [-0.2, 0) is 6.54 Å². The van der Waals surface area contributed by atoms with Crippen LogP contribution >= 0.6 is 68.3 Å². The molecular weight excluding hydrogens is 598 g/mol. The van der Waals surface area contributed by atoms with E-state index in [-0.39, 0.29) is 0 Å². The van der Waals surface area contributed by atoms with Gasteiger partial charge in [-0.1, -0.05) is 29.2 Å². The van der Waals surface area contributed by atoms with E-state index >= 15 is 0 Å². The van der Waals surface area contributed by atoms with Gasteiger partial charge in [0, 0.05) is 30.7 Å². The Hall–Kier alpha value is -0.580. The van der Waals surface area contributed by atoms with E-state index in [4.69, 9.17) is 0 Å². The minimum Gasteiger partial charge on any atom is -0.335 e. The molecule has 0 radical (unpaired) electrons. The van der Waals surface area contributed by atoms with Crippen LogP contribution in [0.2, 0.25) is 0 Å². The molecule has 0 bridgehead atoms. The van der Waals surface area contributed by atoms with Crippen LogP contribution < -0.4 is 9.47 Å². The minimum atomic E-state index is 0.983. The molecule has 0 spiro atoms. The normalized spacial score (nSPS) is 15.4. The maximum atomic E-state index is 2.39. The Morgan fingerprint density at radius 3 is 2.63 bits per heavy atom. The molecule has 1 aliphatic heterocycles. The van der Waals surface area contributed by atoms with E-state index in [0.717, 1.165) is 13.1 Å². The fourth-order valence-corrected chi connectivity index (χ4v) is 7.03. The maximum Gasteiger partial charge on any atom is 0.262 e. The Labute approximate surface area is 195 Å². The lowest BCUT2D eigenvalue weighted by molar-refractivity contribution is -0.665. The van der Waals surface area contributed by atoms with Crippen LogP contribution in [0.1, 0.15) is 18.9 Å². The molecule has 0 saturated carbocycles. The zero-order chi connectivity index (χ0) is 19.0. The summed E-state index contributed by atoms with van der Waals surface area (Å²) in [6.45, 7) is 6.39. The van der Waals surface area contributed by atoms with Crippen LogP contribution in [0.5, 0.6) is 0 Å². The number of halogens is 2. The smallest absolute Gasteiger partial charge is 0.262 e. The lowest BCUT2D eigenvalue weighted by Crippen LogP contribution is -2.33. The van der Waals surface area contributed by atoms with Gasteiger partial charge in [-0.2, -0.15) is 4.57 Å².